The van der Waals surface area contributed by atoms with Crippen LogP contribution in [0.5, 0.6) is 0 Å². The summed E-state index contributed by atoms with van der Waals surface area (Å²) in [6.07, 6.45) is 1.36. The zero-order chi connectivity index (χ0) is 19.2. The third kappa shape index (κ3) is 4.70. The van der Waals surface area contributed by atoms with E-state index >= 15 is 0 Å². The van der Waals surface area contributed by atoms with Crippen molar-refractivity contribution in [1.82, 2.24) is 5.43 Å². The summed E-state index contributed by atoms with van der Waals surface area (Å²) < 4.78 is 18.8. The normalized spacial score (nSPS) is 20.5. The van der Waals surface area contributed by atoms with Gasteiger partial charge < -0.3 is 4.74 Å². The molecule has 6 heteroatoms. The molecule has 27 heavy (non-hydrogen) atoms. The molecular weight excluding hydrogens is 345 g/mol. The number of nitriles is 1. The molecular formula is C21H22FN3O2. The lowest BCUT2D eigenvalue weighted by atomic mass is 9.85. The molecule has 1 amide bonds. The van der Waals surface area contributed by atoms with Gasteiger partial charge in [-0.25, -0.2) is 10.2 Å². The molecule has 0 aromatic heterocycles. The van der Waals surface area contributed by atoms with E-state index in [4.69, 9.17) is 10.6 Å². The van der Waals surface area contributed by atoms with Gasteiger partial charge in [0.1, 0.15) is 5.82 Å². The Balaban J connectivity index is 1.67. The molecule has 1 fully saturated rings. The van der Waals surface area contributed by atoms with Crippen LogP contribution in [0.2, 0.25) is 0 Å². The van der Waals surface area contributed by atoms with Crippen molar-refractivity contribution in [3.05, 3.63) is 59.9 Å². The summed E-state index contributed by atoms with van der Waals surface area (Å²) >= 11 is 0. The van der Waals surface area contributed by atoms with Gasteiger partial charge in [-0.2, -0.15) is 5.26 Å². The summed E-state index contributed by atoms with van der Waals surface area (Å²) in [5.74, 6) is 4.20. The van der Waals surface area contributed by atoms with Gasteiger partial charge in [0.05, 0.1) is 18.1 Å². The molecule has 0 saturated carbocycles. The lowest BCUT2D eigenvalue weighted by molar-refractivity contribution is -0.131. The van der Waals surface area contributed by atoms with Crippen LogP contribution < -0.4 is 11.3 Å². The highest BCUT2D eigenvalue weighted by atomic mass is 19.1. The molecule has 0 aliphatic carbocycles. The summed E-state index contributed by atoms with van der Waals surface area (Å²) in [5, 5.41) is 9.59. The van der Waals surface area contributed by atoms with E-state index in [-0.39, 0.29) is 29.7 Å². The van der Waals surface area contributed by atoms with Crippen molar-refractivity contribution in [3.8, 4) is 17.2 Å². The number of amides is 1. The van der Waals surface area contributed by atoms with E-state index in [9.17, 15) is 14.4 Å². The molecule has 0 spiro atoms. The van der Waals surface area contributed by atoms with Gasteiger partial charge in [-0.15, -0.1) is 0 Å². The van der Waals surface area contributed by atoms with Crippen molar-refractivity contribution in [3.63, 3.8) is 0 Å². The lowest BCUT2D eigenvalue weighted by Gasteiger charge is -2.31. The van der Waals surface area contributed by atoms with Crippen molar-refractivity contribution in [1.29, 1.82) is 5.26 Å². The molecule has 3 N–H and O–H groups in total. The van der Waals surface area contributed by atoms with E-state index in [1.807, 2.05) is 24.3 Å². The van der Waals surface area contributed by atoms with Gasteiger partial charge in [0.15, 0.2) is 0 Å². The Kier molecular flexibility index (Phi) is 6.17. The molecule has 0 bridgehead atoms. The number of hydrazine groups is 1. The fourth-order valence-corrected chi connectivity index (χ4v) is 3.45. The summed E-state index contributed by atoms with van der Waals surface area (Å²) in [6.45, 7) is 0.449. The molecule has 1 aliphatic heterocycles. The minimum atomic E-state index is -0.338. The molecule has 140 valence electrons. The monoisotopic (exact) mass is 367 g/mol. The average Bonchev–Trinajstić information content (AvgIpc) is 2.72. The lowest BCUT2D eigenvalue weighted by Crippen LogP contribution is -2.42. The first-order chi connectivity index (χ1) is 13.1. The van der Waals surface area contributed by atoms with Crippen molar-refractivity contribution in [2.45, 2.75) is 25.4 Å². The maximum absolute atomic E-state index is 13.1. The van der Waals surface area contributed by atoms with Crippen LogP contribution in [-0.4, -0.2) is 18.6 Å². The van der Waals surface area contributed by atoms with Gasteiger partial charge in [-0.3, -0.25) is 10.2 Å². The second-order valence-electron chi connectivity index (χ2n) is 6.78. The molecule has 0 radical (unpaired) electrons. The Hall–Kier alpha value is -2.75. The maximum Gasteiger partial charge on any atom is 0.237 e. The van der Waals surface area contributed by atoms with Crippen molar-refractivity contribution < 1.29 is 13.9 Å². The van der Waals surface area contributed by atoms with Crippen molar-refractivity contribution >= 4 is 5.91 Å². The summed E-state index contributed by atoms with van der Waals surface area (Å²) in [6, 6.07) is 16.5. The number of hydrogen-bond donors (Lipinski definition) is 2. The first-order valence-corrected chi connectivity index (χ1v) is 8.97. The highest BCUT2D eigenvalue weighted by Gasteiger charge is 2.32. The number of nitrogens with one attached hydrogen (secondary N) is 1. The number of benzene rings is 2. The number of hydrogen-bond acceptors (Lipinski definition) is 4. The quantitative estimate of drug-likeness (QED) is 0.483. The second-order valence-corrected chi connectivity index (χ2v) is 6.78. The minimum absolute atomic E-state index is 0.205. The van der Waals surface area contributed by atoms with Crippen molar-refractivity contribution in [2.24, 2.45) is 17.7 Å². The van der Waals surface area contributed by atoms with Crippen LogP contribution in [0.3, 0.4) is 0 Å². The molecule has 1 heterocycles. The molecule has 3 atom stereocenters. The number of nitrogens with two attached hydrogens (primary N) is 1. The van der Waals surface area contributed by atoms with Crippen molar-refractivity contribution in [2.75, 3.05) is 6.61 Å². The van der Waals surface area contributed by atoms with Crippen LogP contribution in [0.15, 0.2) is 48.5 Å². The molecule has 1 aliphatic rings. The fraction of sp³-hybridized carbons (Fsp3) is 0.333. The minimum Gasteiger partial charge on any atom is -0.377 e. The zero-order valence-corrected chi connectivity index (χ0v) is 14.9. The zero-order valence-electron chi connectivity index (χ0n) is 14.9. The molecule has 5 nitrogen and oxygen atoms in total. The number of carbonyl (C=O) groups is 1. The Bertz CT molecular complexity index is 815. The van der Waals surface area contributed by atoms with E-state index in [0.29, 0.717) is 25.9 Å². The molecule has 2 aromatic rings. The number of carbonyl (C=O) groups excluding carboxylic acids is 1. The van der Waals surface area contributed by atoms with Crippen LogP contribution in [-0.2, 0) is 16.0 Å². The van der Waals surface area contributed by atoms with Crippen LogP contribution in [0.4, 0.5) is 4.39 Å². The van der Waals surface area contributed by atoms with Gasteiger partial charge in [0.2, 0.25) is 5.91 Å². The highest BCUT2D eigenvalue weighted by Crippen LogP contribution is 2.28. The van der Waals surface area contributed by atoms with E-state index in [2.05, 4.69) is 11.5 Å². The standard InChI is InChI=1S/C21H22FN3O2/c22-19-7-5-16(6-8-19)15-3-1-14(2-4-15)11-18(13-23)20-12-17(9-10-27-20)21(26)25-24/h1-8,17-18,20H,9-12,24H2,(H,25,26)/t17?,18?,20-/m0/s1. The van der Waals surface area contributed by atoms with E-state index < -0.39 is 0 Å². The topological polar surface area (TPSA) is 88.1 Å². The Labute approximate surface area is 157 Å². The summed E-state index contributed by atoms with van der Waals surface area (Å²) in [5.41, 5.74) is 5.12. The van der Waals surface area contributed by atoms with Gasteiger partial charge in [-0.1, -0.05) is 36.4 Å². The predicted octanol–water partition coefficient (Wildman–Crippen LogP) is 2.96. The Morgan fingerprint density at radius 3 is 2.44 bits per heavy atom. The smallest absolute Gasteiger partial charge is 0.237 e. The van der Waals surface area contributed by atoms with E-state index in [1.165, 1.54) is 12.1 Å². The Morgan fingerprint density at radius 2 is 1.85 bits per heavy atom. The first-order valence-electron chi connectivity index (χ1n) is 8.97. The largest absolute Gasteiger partial charge is 0.377 e. The van der Waals surface area contributed by atoms with Crippen LogP contribution in [0, 0.1) is 29.0 Å². The SMILES string of the molecule is N#CC(Cc1ccc(-c2ccc(F)cc2)cc1)[C@@H]1CC(C(=O)NN)CCO1. The highest BCUT2D eigenvalue weighted by molar-refractivity contribution is 5.78. The summed E-state index contributed by atoms with van der Waals surface area (Å²) in [4.78, 5) is 11.8. The number of ether oxygens (including phenoxy) is 1. The van der Waals surface area contributed by atoms with Crippen LogP contribution in [0.25, 0.3) is 11.1 Å². The third-order valence-electron chi connectivity index (χ3n) is 5.03. The van der Waals surface area contributed by atoms with Gasteiger partial charge in [0.25, 0.3) is 0 Å². The fourth-order valence-electron chi connectivity index (χ4n) is 3.45. The van der Waals surface area contributed by atoms with Gasteiger partial charge in [-0.05, 0) is 48.1 Å². The average molecular weight is 367 g/mol. The van der Waals surface area contributed by atoms with Crippen LogP contribution >= 0.6 is 0 Å². The number of nitrogens with zero attached hydrogens (tertiary/aromatic N) is 1. The molecule has 1 saturated heterocycles. The van der Waals surface area contributed by atoms with Gasteiger partial charge >= 0.3 is 0 Å². The summed E-state index contributed by atoms with van der Waals surface area (Å²) in [7, 11) is 0. The number of rotatable bonds is 5. The van der Waals surface area contributed by atoms with E-state index in [1.54, 1.807) is 12.1 Å². The maximum atomic E-state index is 13.1. The predicted molar refractivity (Wildman–Crippen MR) is 99.4 cm³/mol. The molecule has 2 unspecified atom stereocenters. The number of halogens is 1. The third-order valence-corrected chi connectivity index (χ3v) is 5.03. The van der Waals surface area contributed by atoms with Gasteiger partial charge in [0, 0.05) is 12.5 Å². The Morgan fingerprint density at radius 1 is 1.22 bits per heavy atom. The first kappa shape index (κ1) is 19.0. The molecule has 2 aromatic carbocycles. The molecule has 3 rings (SSSR count). The van der Waals surface area contributed by atoms with Crippen LogP contribution in [0.1, 0.15) is 18.4 Å². The second kappa shape index (κ2) is 8.76. The van der Waals surface area contributed by atoms with E-state index in [0.717, 1.165) is 16.7 Å².